The van der Waals surface area contributed by atoms with E-state index >= 15 is 0 Å². The lowest BCUT2D eigenvalue weighted by atomic mass is 9.63. The average Bonchev–Trinajstić information content (AvgIpc) is 2.56. The molecule has 0 amide bonds. The zero-order valence-electron chi connectivity index (χ0n) is 14.3. The van der Waals surface area contributed by atoms with Gasteiger partial charge in [-0.25, -0.2) is 4.39 Å². The highest BCUT2D eigenvalue weighted by Gasteiger charge is 2.35. The smallest absolute Gasteiger partial charge is 0.387 e. The van der Waals surface area contributed by atoms with E-state index in [1.165, 1.54) is 50.7 Å². The van der Waals surface area contributed by atoms with E-state index in [2.05, 4.69) is 11.7 Å². The van der Waals surface area contributed by atoms with Crippen molar-refractivity contribution in [3.8, 4) is 5.75 Å². The fourth-order valence-electron chi connectivity index (χ4n) is 4.92. The maximum absolute atomic E-state index is 14.0. The second kappa shape index (κ2) is 7.79. The molecule has 4 atom stereocenters. The maximum atomic E-state index is 14.0. The Morgan fingerprint density at radius 1 is 1.08 bits per heavy atom. The first kappa shape index (κ1) is 17.6. The van der Waals surface area contributed by atoms with Gasteiger partial charge in [-0.05, 0) is 73.5 Å². The third kappa shape index (κ3) is 4.07. The Labute approximate surface area is 142 Å². The second-order valence-electron chi connectivity index (χ2n) is 7.57. The summed E-state index contributed by atoms with van der Waals surface area (Å²) in [7, 11) is 0. The monoisotopic (exact) mass is 340 g/mol. The molecular weight excluding hydrogens is 313 g/mol. The van der Waals surface area contributed by atoms with Gasteiger partial charge in [-0.3, -0.25) is 0 Å². The molecule has 0 unspecified atom stereocenters. The Hall–Kier alpha value is -1.19. The third-order valence-electron chi connectivity index (χ3n) is 6.06. The molecule has 0 aromatic heterocycles. The molecule has 1 aromatic carbocycles. The van der Waals surface area contributed by atoms with Crippen LogP contribution in [-0.2, 0) is 0 Å². The normalized spacial score (nSPS) is 30.2. The van der Waals surface area contributed by atoms with Gasteiger partial charge < -0.3 is 4.74 Å². The minimum Gasteiger partial charge on any atom is -0.432 e. The van der Waals surface area contributed by atoms with Crippen molar-refractivity contribution >= 4 is 0 Å². The van der Waals surface area contributed by atoms with Crippen LogP contribution in [0.4, 0.5) is 13.2 Å². The molecule has 2 saturated carbocycles. The Morgan fingerprint density at radius 3 is 2.54 bits per heavy atom. The van der Waals surface area contributed by atoms with E-state index in [1.54, 1.807) is 6.07 Å². The highest BCUT2D eigenvalue weighted by atomic mass is 19.3. The van der Waals surface area contributed by atoms with Gasteiger partial charge in [-0.2, -0.15) is 8.78 Å². The van der Waals surface area contributed by atoms with Crippen LogP contribution < -0.4 is 4.74 Å². The van der Waals surface area contributed by atoms with Crippen LogP contribution in [-0.4, -0.2) is 6.61 Å². The first-order valence-corrected chi connectivity index (χ1v) is 9.31. The van der Waals surface area contributed by atoms with Crippen molar-refractivity contribution in [1.29, 1.82) is 0 Å². The summed E-state index contributed by atoms with van der Waals surface area (Å²) in [5.41, 5.74) is 0.934. The summed E-state index contributed by atoms with van der Waals surface area (Å²) < 4.78 is 42.7. The van der Waals surface area contributed by atoms with Gasteiger partial charge in [0.1, 0.15) is 0 Å². The summed E-state index contributed by atoms with van der Waals surface area (Å²) in [4.78, 5) is 0. The number of ether oxygens (including phenoxy) is 1. The SMILES string of the molecule is CCC[C@@H]1CC[C@@H]2C[C@H](c3ccc(OC(F)F)c(F)c3)CC[C@@H]2C1. The topological polar surface area (TPSA) is 9.23 Å². The zero-order chi connectivity index (χ0) is 17.1. The molecule has 0 N–H and O–H groups in total. The van der Waals surface area contributed by atoms with Crippen molar-refractivity contribution in [1.82, 2.24) is 0 Å². The lowest BCUT2D eigenvalue weighted by molar-refractivity contribution is -0.0522. The molecule has 0 aliphatic heterocycles. The number of halogens is 3. The van der Waals surface area contributed by atoms with Crippen molar-refractivity contribution in [2.45, 2.75) is 70.8 Å². The quantitative estimate of drug-likeness (QED) is 0.592. The molecule has 2 aliphatic rings. The molecule has 0 bridgehead atoms. The Bertz CT molecular complexity index is 546. The van der Waals surface area contributed by atoms with Gasteiger partial charge in [0.2, 0.25) is 0 Å². The summed E-state index contributed by atoms with van der Waals surface area (Å²) in [6, 6.07) is 4.50. The molecular formula is C20H27F3O. The van der Waals surface area contributed by atoms with Crippen LogP contribution in [0.25, 0.3) is 0 Å². The summed E-state index contributed by atoms with van der Waals surface area (Å²) in [6.45, 7) is -0.724. The van der Waals surface area contributed by atoms with Crippen LogP contribution in [0.15, 0.2) is 18.2 Å². The van der Waals surface area contributed by atoms with E-state index < -0.39 is 12.4 Å². The summed E-state index contributed by atoms with van der Waals surface area (Å²) >= 11 is 0. The molecule has 0 saturated heterocycles. The van der Waals surface area contributed by atoms with Crippen LogP contribution in [0.3, 0.4) is 0 Å². The second-order valence-corrected chi connectivity index (χ2v) is 7.57. The van der Waals surface area contributed by atoms with Gasteiger partial charge in [-0.1, -0.05) is 32.3 Å². The van der Waals surface area contributed by atoms with E-state index in [0.717, 1.165) is 36.2 Å². The number of hydrogen-bond donors (Lipinski definition) is 0. The summed E-state index contributed by atoms with van der Waals surface area (Å²) in [5, 5.41) is 0. The number of fused-ring (bicyclic) bond motifs is 1. The lowest BCUT2D eigenvalue weighted by Gasteiger charge is -2.42. The van der Waals surface area contributed by atoms with Gasteiger partial charge in [0.25, 0.3) is 0 Å². The van der Waals surface area contributed by atoms with Crippen molar-refractivity contribution in [3.05, 3.63) is 29.6 Å². The average molecular weight is 340 g/mol. The molecule has 0 spiro atoms. The van der Waals surface area contributed by atoms with Crippen LogP contribution in [0.1, 0.15) is 69.8 Å². The Kier molecular flexibility index (Phi) is 5.72. The van der Waals surface area contributed by atoms with Crippen LogP contribution >= 0.6 is 0 Å². The van der Waals surface area contributed by atoms with Crippen molar-refractivity contribution in [3.63, 3.8) is 0 Å². The van der Waals surface area contributed by atoms with E-state index in [1.807, 2.05) is 0 Å². The Balaban J connectivity index is 1.62. The molecule has 0 heterocycles. The van der Waals surface area contributed by atoms with Crippen LogP contribution in [0.5, 0.6) is 5.75 Å². The molecule has 3 rings (SSSR count). The predicted octanol–water partition coefficient (Wildman–Crippen LogP) is 6.53. The van der Waals surface area contributed by atoms with E-state index in [9.17, 15) is 13.2 Å². The van der Waals surface area contributed by atoms with Crippen molar-refractivity contribution < 1.29 is 17.9 Å². The Morgan fingerprint density at radius 2 is 1.83 bits per heavy atom. The van der Waals surface area contributed by atoms with Gasteiger partial charge in [-0.15, -0.1) is 0 Å². The largest absolute Gasteiger partial charge is 0.432 e. The molecule has 134 valence electrons. The number of hydrogen-bond acceptors (Lipinski definition) is 1. The molecule has 4 heteroatoms. The minimum atomic E-state index is -2.99. The number of alkyl halides is 2. The molecule has 2 fully saturated rings. The van der Waals surface area contributed by atoms with Gasteiger partial charge in [0, 0.05) is 0 Å². The maximum Gasteiger partial charge on any atom is 0.387 e. The van der Waals surface area contributed by atoms with E-state index in [4.69, 9.17) is 0 Å². The van der Waals surface area contributed by atoms with Crippen LogP contribution in [0.2, 0.25) is 0 Å². The number of rotatable bonds is 5. The lowest BCUT2D eigenvalue weighted by Crippen LogP contribution is -2.30. The van der Waals surface area contributed by atoms with Crippen molar-refractivity contribution in [2.24, 2.45) is 17.8 Å². The van der Waals surface area contributed by atoms with Crippen LogP contribution in [0, 0.1) is 23.6 Å². The summed E-state index contributed by atoms with van der Waals surface area (Å²) in [6.07, 6.45) is 10.0. The van der Waals surface area contributed by atoms with E-state index in [-0.39, 0.29) is 5.75 Å². The zero-order valence-corrected chi connectivity index (χ0v) is 14.3. The molecule has 0 radical (unpaired) electrons. The van der Waals surface area contributed by atoms with Gasteiger partial charge in [0.15, 0.2) is 11.6 Å². The van der Waals surface area contributed by atoms with Gasteiger partial charge >= 0.3 is 6.61 Å². The van der Waals surface area contributed by atoms with E-state index in [0.29, 0.717) is 5.92 Å². The first-order chi connectivity index (χ1) is 11.6. The fourth-order valence-corrected chi connectivity index (χ4v) is 4.92. The highest BCUT2D eigenvalue weighted by Crippen LogP contribution is 2.48. The third-order valence-corrected chi connectivity index (χ3v) is 6.06. The first-order valence-electron chi connectivity index (χ1n) is 9.31. The highest BCUT2D eigenvalue weighted by molar-refractivity contribution is 5.31. The van der Waals surface area contributed by atoms with Gasteiger partial charge in [0.05, 0.1) is 0 Å². The van der Waals surface area contributed by atoms with Crippen molar-refractivity contribution in [2.75, 3.05) is 0 Å². The molecule has 2 aliphatic carbocycles. The molecule has 1 nitrogen and oxygen atoms in total. The fraction of sp³-hybridized carbons (Fsp3) is 0.700. The molecule has 24 heavy (non-hydrogen) atoms. The summed E-state index contributed by atoms with van der Waals surface area (Å²) in [5.74, 6) is 1.79. The molecule has 1 aromatic rings. The standard InChI is InChI=1S/C20H27F3O/c1-2-3-13-4-5-15-11-16(7-6-14(15)10-13)17-8-9-19(18(21)12-17)24-20(22)23/h8-9,12-16,20H,2-7,10-11H2,1H3/t13-,14-,15-,16-/m1/s1. The predicted molar refractivity (Wildman–Crippen MR) is 88.9 cm³/mol. The number of benzene rings is 1. The minimum absolute atomic E-state index is 0.351.